The van der Waals surface area contributed by atoms with Gasteiger partial charge in [-0.3, -0.25) is 10.2 Å². The van der Waals surface area contributed by atoms with Crippen molar-refractivity contribution in [3.63, 3.8) is 0 Å². The molecule has 5 heteroatoms. The SMILES string of the molecule is CC1NC(O)C=CN1C(=O)O. The van der Waals surface area contributed by atoms with Crippen LogP contribution in [0.1, 0.15) is 6.92 Å². The summed E-state index contributed by atoms with van der Waals surface area (Å²) in [6.07, 6.45) is 0.545. The molecule has 0 aromatic heterocycles. The van der Waals surface area contributed by atoms with Gasteiger partial charge in [0.15, 0.2) is 0 Å². The Morgan fingerprint density at radius 2 is 2.36 bits per heavy atom. The Labute approximate surface area is 63.9 Å². The van der Waals surface area contributed by atoms with E-state index in [1.165, 1.54) is 12.3 Å². The van der Waals surface area contributed by atoms with Crippen molar-refractivity contribution in [2.75, 3.05) is 0 Å². The van der Waals surface area contributed by atoms with Gasteiger partial charge >= 0.3 is 6.09 Å². The Morgan fingerprint density at radius 3 is 2.82 bits per heavy atom. The predicted molar refractivity (Wildman–Crippen MR) is 37.6 cm³/mol. The largest absolute Gasteiger partial charge is 0.465 e. The molecule has 0 spiro atoms. The number of carboxylic acid groups (broad SMARTS) is 1. The molecule has 5 nitrogen and oxygen atoms in total. The van der Waals surface area contributed by atoms with Crippen molar-refractivity contribution in [1.29, 1.82) is 0 Å². The summed E-state index contributed by atoms with van der Waals surface area (Å²) >= 11 is 0. The fourth-order valence-electron chi connectivity index (χ4n) is 0.916. The van der Waals surface area contributed by atoms with Gasteiger partial charge < -0.3 is 10.2 Å². The van der Waals surface area contributed by atoms with E-state index in [0.29, 0.717) is 0 Å². The molecule has 1 rings (SSSR count). The average Bonchev–Trinajstić information content (AvgIpc) is 1.85. The molecule has 0 saturated carbocycles. The first-order valence-electron chi connectivity index (χ1n) is 3.25. The highest BCUT2D eigenvalue weighted by Gasteiger charge is 2.21. The number of hydrogen-bond donors (Lipinski definition) is 3. The highest BCUT2D eigenvalue weighted by atomic mass is 16.4. The monoisotopic (exact) mass is 158 g/mol. The van der Waals surface area contributed by atoms with Gasteiger partial charge in [0.1, 0.15) is 6.23 Å². The minimum Gasteiger partial charge on any atom is -0.465 e. The van der Waals surface area contributed by atoms with Gasteiger partial charge in [-0.05, 0) is 13.0 Å². The molecule has 1 heterocycles. The van der Waals surface area contributed by atoms with E-state index in [1.807, 2.05) is 0 Å². The minimum atomic E-state index is -1.03. The number of nitrogens with one attached hydrogen (secondary N) is 1. The first-order valence-corrected chi connectivity index (χ1v) is 3.25. The maximum absolute atomic E-state index is 10.4. The van der Waals surface area contributed by atoms with Crippen LogP contribution >= 0.6 is 0 Å². The number of aliphatic hydroxyl groups excluding tert-OH is 1. The Kier molecular flexibility index (Phi) is 2.11. The lowest BCUT2D eigenvalue weighted by atomic mass is 10.3. The Morgan fingerprint density at radius 1 is 1.73 bits per heavy atom. The number of nitrogens with zero attached hydrogens (tertiary/aromatic N) is 1. The number of amides is 1. The third-order valence-corrected chi connectivity index (χ3v) is 1.48. The fourth-order valence-corrected chi connectivity index (χ4v) is 0.916. The lowest BCUT2D eigenvalue weighted by molar-refractivity contribution is 0.0949. The lowest BCUT2D eigenvalue weighted by Crippen LogP contribution is -2.50. The number of hydrogen-bond acceptors (Lipinski definition) is 3. The van der Waals surface area contributed by atoms with Crippen LogP contribution in [0.4, 0.5) is 4.79 Å². The molecule has 1 amide bonds. The summed E-state index contributed by atoms with van der Waals surface area (Å²) in [5.74, 6) is 0. The summed E-state index contributed by atoms with van der Waals surface area (Å²) in [6, 6.07) is 0. The molecule has 0 aromatic carbocycles. The molecule has 2 atom stereocenters. The van der Waals surface area contributed by atoms with Crippen LogP contribution in [-0.4, -0.2) is 33.6 Å². The number of rotatable bonds is 0. The third-order valence-electron chi connectivity index (χ3n) is 1.48. The van der Waals surface area contributed by atoms with E-state index in [-0.39, 0.29) is 6.17 Å². The van der Waals surface area contributed by atoms with Gasteiger partial charge in [0.25, 0.3) is 0 Å². The Bertz CT molecular complexity index is 192. The molecule has 0 bridgehead atoms. The topological polar surface area (TPSA) is 72.8 Å². The van der Waals surface area contributed by atoms with Crippen LogP contribution in [0, 0.1) is 0 Å². The zero-order valence-corrected chi connectivity index (χ0v) is 6.06. The molecule has 3 N–H and O–H groups in total. The Hall–Kier alpha value is -1.07. The highest BCUT2D eigenvalue weighted by Crippen LogP contribution is 2.04. The molecule has 11 heavy (non-hydrogen) atoms. The van der Waals surface area contributed by atoms with Gasteiger partial charge in [-0.15, -0.1) is 0 Å². The normalized spacial score (nSPS) is 30.5. The predicted octanol–water partition coefficient (Wildman–Crippen LogP) is -0.252. The molecule has 2 unspecified atom stereocenters. The molecule has 0 fully saturated rings. The second kappa shape index (κ2) is 2.89. The van der Waals surface area contributed by atoms with Gasteiger partial charge in [-0.25, -0.2) is 4.79 Å². The van der Waals surface area contributed by atoms with Gasteiger partial charge in [0, 0.05) is 6.20 Å². The van der Waals surface area contributed by atoms with Crippen LogP contribution in [0.3, 0.4) is 0 Å². The van der Waals surface area contributed by atoms with E-state index >= 15 is 0 Å². The summed E-state index contributed by atoms with van der Waals surface area (Å²) in [5, 5.41) is 20.1. The van der Waals surface area contributed by atoms with Crippen LogP contribution in [0.2, 0.25) is 0 Å². The van der Waals surface area contributed by atoms with Crippen LogP contribution in [-0.2, 0) is 0 Å². The van der Waals surface area contributed by atoms with E-state index in [2.05, 4.69) is 5.32 Å². The summed E-state index contributed by atoms with van der Waals surface area (Å²) < 4.78 is 0. The zero-order valence-electron chi connectivity index (χ0n) is 6.06. The van der Waals surface area contributed by atoms with Gasteiger partial charge in [0.2, 0.25) is 0 Å². The maximum Gasteiger partial charge on any atom is 0.412 e. The first kappa shape index (κ1) is 8.03. The molecule has 0 saturated heterocycles. The van der Waals surface area contributed by atoms with E-state index in [0.717, 1.165) is 4.90 Å². The van der Waals surface area contributed by atoms with Crippen molar-refractivity contribution >= 4 is 6.09 Å². The minimum absolute atomic E-state index is 0.382. The molecule has 1 aliphatic rings. The van der Waals surface area contributed by atoms with E-state index < -0.39 is 12.3 Å². The summed E-state index contributed by atoms with van der Waals surface area (Å²) in [6.45, 7) is 1.65. The number of aliphatic hydroxyl groups is 1. The molecule has 1 aliphatic heterocycles. The van der Waals surface area contributed by atoms with Gasteiger partial charge in [0.05, 0.1) is 6.17 Å². The van der Waals surface area contributed by atoms with E-state index in [1.54, 1.807) is 6.92 Å². The van der Waals surface area contributed by atoms with Gasteiger partial charge in [-0.1, -0.05) is 0 Å². The lowest BCUT2D eigenvalue weighted by Gasteiger charge is -2.29. The van der Waals surface area contributed by atoms with Crippen LogP contribution in [0.15, 0.2) is 12.3 Å². The van der Waals surface area contributed by atoms with Crippen molar-refractivity contribution < 1.29 is 15.0 Å². The van der Waals surface area contributed by atoms with Crippen LogP contribution in [0.5, 0.6) is 0 Å². The van der Waals surface area contributed by atoms with Crippen molar-refractivity contribution in [3.8, 4) is 0 Å². The summed E-state index contributed by atoms with van der Waals surface area (Å²) in [7, 11) is 0. The van der Waals surface area contributed by atoms with Crippen molar-refractivity contribution in [2.45, 2.75) is 19.3 Å². The zero-order chi connectivity index (χ0) is 8.43. The maximum atomic E-state index is 10.4. The summed E-state index contributed by atoms with van der Waals surface area (Å²) in [4.78, 5) is 11.5. The molecule has 0 aromatic rings. The first-order chi connectivity index (χ1) is 5.11. The standard InChI is InChI=1S/C6H10N2O3/c1-4-7-5(9)2-3-8(4)6(10)11/h2-5,7,9H,1H3,(H,10,11). The molecular weight excluding hydrogens is 148 g/mol. The number of carbonyl (C=O) groups is 1. The van der Waals surface area contributed by atoms with Crippen LogP contribution in [0.25, 0.3) is 0 Å². The smallest absolute Gasteiger partial charge is 0.412 e. The molecular formula is C6H10N2O3. The van der Waals surface area contributed by atoms with Crippen molar-refractivity contribution in [1.82, 2.24) is 10.2 Å². The molecule has 62 valence electrons. The average molecular weight is 158 g/mol. The second-order valence-electron chi connectivity index (χ2n) is 2.32. The van der Waals surface area contributed by atoms with Crippen molar-refractivity contribution in [2.24, 2.45) is 0 Å². The molecule has 0 aliphatic carbocycles. The second-order valence-corrected chi connectivity index (χ2v) is 2.32. The third kappa shape index (κ3) is 1.69. The van der Waals surface area contributed by atoms with Gasteiger partial charge in [-0.2, -0.15) is 0 Å². The van der Waals surface area contributed by atoms with Crippen LogP contribution < -0.4 is 5.32 Å². The Balaban J connectivity index is 2.68. The van der Waals surface area contributed by atoms with E-state index in [9.17, 15) is 4.79 Å². The molecule has 0 radical (unpaired) electrons. The van der Waals surface area contributed by atoms with Crippen molar-refractivity contribution in [3.05, 3.63) is 12.3 Å². The summed E-state index contributed by atoms with van der Waals surface area (Å²) in [5.41, 5.74) is 0. The quantitative estimate of drug-likeness (QED) is 0.454. The highest BCUT2D eigenvalue weighted by molar-refractivity contribution is 5.66. The van der Waals surface area contributed by atoms with E-state index in [4.69, 9.17) is 10.2 Å². The fraction of sp³-hybridized carbons (Fsp3) is 0.500.